The van der Waals surface area contributed by atoms with Crippen LogP contribution < -0.4 is 10.6 Å². The van der Waals surface area contributed by atoms with E-state index in [-0.39, 0.29) is 12.3 Å². The molecule has 1 amide bonds. The van der Waals surface area contributed by atoms with Gasteiger partial charge in [0.15, 0.2) is 0 Å². The number of halogens is 1. The molecule has 0 aliphatic carbocycles. The van der Waals surface area contributed by atoms with Crippen LogP contribution in [0.4, 0.5) is 16.0 Å². The van der Waals surface area contributed by atoms with Crippen LogP contribution in [-0.2, 0) is 7.05 Å². The molecular weight excluding hydrogens is 399 g/mol. The normalized spacial score (nSPS) is 12.0. The van der Waals surface area contributed by atoms with Gasteiger partial charge in [-0.15, -0.1) is 0 Å². The summed E-state index contributed by atoms with van der Waals surface area (Å²) < 4.78 is 15.6. The average Bonchev–Trinajstić information content (AvgIpc) is 3.17. The van der Waals surface area contributed by atoms with Crippen molar-refractivity contribution < 1.29 is 14.3 Å². The molecule has 0 fully saturated rings. The van der Waals surface area contributed by atoms with Crippen molar-refractivity contribution in [3.63, 3.8) is 0 Å². The number of fused-ring (bicyclic) bond motifs is 1. The van der Waals surface area contributed by atoms with Crippen LogP contribution >= 0.6 is 0 Å². The van der Waals surface area contributed by atoms with Crippen molar-refractivity contribution in [2.45, 2.75) is 13.0 Å². The lowest BCUT2D eigenvalue weighted by molar-refractivity contribution is 0.0911. The molecule has 0 aliphatic heterocycles. The highest BCUT2D eigenvalue weighted by Gasteiger charge is 2.17. The minimum atomic E-state index is -0.750. The first-order valence-electron chi connectivity index (χ1n) is 9.64. The topological polar surface area (TPSA) is 105 Å². The number of benzene rings is 1. The Hall–Kier alpha value is -3.85. The Bertz CT molecular complexity index is 1260. The highest BCUT2D eigenvalue weighted by atomic mass is 19.1. The van der Waals surface area contributed by atoms with Gasteiger partial charge < -0.3 is 15.7 Å². The summed E-state index contributed by atoms with van der Waals surface area (Å²) in [5, 5.41) is 20.4. The van der Waals surface area contributed by atoms with E-state index in [9.17, 15) is 14.3 Å². The number of aryl methyl sites for hydroxylation is 2. The van der Waals surface area contributed by atoms with E-state index in [1.165, 1.54) is 6.07 Å². The minimum absolute atomic E-state index is 0.177. The van der Waals surface area contributed by atoms with Gasteiger partial charge in [-0.05, 0) is 36.2 Å². The molecule has 3 N–H and O–H groups in total. The van der Waals surface area contributed by atoms with Gasteiger partial charge in [-0.25, -0.2) is 14.4 Å². The van der Waals surface area contributed by atoms with E-state index in [2.05, 4.69) is 25.7 Å². The summed E-state index contributed by atoms with van der Waals surface area (Å²) in [6.45, 7) is 1.28. The summed E-state index contributed by atoms with van der Waals surface area (Å²) in [6, 6.07) is 10.7. The molecule has 8 nitrogen and oxygen atoms in total. The van der Waals surface area contributed by atoms with Crippen LogP contribution in [0.3, 0.4) is 0 Å². The summed E-state index contributed by atoms with van der Waals surface area (Å²) in [5.41, 5.74) is 1.73. The van der Waals surface area contributed by atoms with Crippen LogP contribution in [0.15, 0.2) is 54.9 Å². The molecule has 0 bridgehead atoms. The van der Waals surface area contributed by atoms with Crippen molar-refractivity contribution in [2.75, 3.05) is 11.9 Å². The van der Waals surface area contributed by atoms with Gasteiger partial charge in [0.25, 0.3) is 5.91 Å². The van der Waals surface area contributed by atoms with Crippen LogP contribution in [0.25, 0.3) is 10.9 Å². The molecule has 1 aromatic carbocycles. The van der Waals surface area contributed by atoms with Gasteiger partial charge >= 0.3 is 0 Å². The molecule has 0 spiro atoms. The Morgan fingerprint density at radius 3 is 2.77 bits per heavy atom. The zero-order valence-electron chi connectivity index (χ0n) is 17.0. The van der Waals surface area contributed by atoms with Gasteiger partial charge in [0.05, 0.1) is 24.4 Å². The fourth-order valence-electron chi connectivity index (χ4n) is 3.13. The number of aromatic nitrogens is 4. The first-order chi connectivity index (χ1) is 14.9. The molecule has 0 radical (unpaired) electrons. The van der Waals surface area contributed by atoms with Gasteiger partial charge in [0, 0.05) is 30.8 Å². The van der Waals surface area contributed by atoms with E-state index in [1.807, 2.05) is 13.1 Å². The van der Waals surface area contributed by atoms with Gasteiger partial charge in [-0.2, -0.15) is 5.10 Å². The number of carbonyl (C=O) groups is 1. The van der Waals surface area contributed by atoms with Gasteiger partial charge in [-0.3, -0.25) is 9.48 Å². The summed E-state index contributed by atoms with van der Waals surface area (Å²) in [4.78, 5) is 21.5. The second kappa shape index (κ2) is 8.49. The van der Waals surface area contributed by atoms with Gasteiger partial charge in [-0.1, -0.05) is 12.1 Å². The zero-order chi connectivity index (χ0) is 22.0. The molecule has 3 heterocycles. The van der Waals surface area contributed by atoms with Crippen LogP contribution in [0.1, 0.15) is 27.7 Å². The molecular formula is C22H21FN6O2. The Morgan fingerprint density at radius 1 is 1.23 bits per heavy atom. The third-order valence-corrected chi connectivity index (χ3v) is 4.97. The number of carbonyl (C=O) groups excluding carboxylic acids is 1. The molecule has 4 rings (SSSR count). The number of amides is 1. The van der Waals surface area contributed by atoms with E-state index in [0.717, 1.165) is 11.2 Å². The fourth-order valence-corrected chi connectivity index (χ4v) is 3.13. The first-order valence-corrected chi connectivity index (χ1v) is 9.64. The standard InChI is InChI=1S/C22H21FN6O2/c1-13-3-4-14(9-16(13)23)19(12-30)27-22(31)17-6-5-15-11-24-20(10-18(15)26-17)28-21-7-8-25-29(21)2/h3-11,19,30H,12H2,1-2H3,(H,24,28)(H,27,31)/t19-/m1/s1. The fraction of sp³-hybridized carbons (Fsp3) is 0.182. The smallest absolute Gasteiger partial charge is 0.270 e. The maximum absolute atomic E-state index is 13.9. The number of aliphatic hydroxyl groups is 1. The van der Waals surface area contributed by atoms with E-state index in [1.54, 1.807) is 54.3 Å². The van der Waals surface area contributed by atoms with Crippen LogP contribution in [-0.4, -0.2) is 37.4 Å². The third kappa shape index (κ3) is 4.36. The van der Waals surface area contributed by atoms with Crippen molar-refractivity contribution in [3.05, 3.63) is 77.5 Å². The number of pyridine rings is 2. The van der Waals surface area contributed by atoms with Crippen molar-refractivity contribution >= 4 is 28.4 Å². The van der Waals surface area contributed by atoms with Gasteiger partial charge in [0.1, 0.15) is 23.1 Å². The summed E-state index contributed by atoms with van der Waals surface area (Å²) in [6.07, 6.45) is 3.33. The number of nitrogens with zero attached hydrogens (tertiary/aromatic N) is 4. The Balaban J connectivity index is 1.56. The average molecular weight is 420 g/mol. The molecule has 1 atom stereocenters. The summed E-state index contributed by atoms with van der Waals surface area (Å²) >= 11 is 0. The molecule has 31 heavy (non-hydrogen) atoms. The third-order valence-electron chi connectivity index (χ3n) is 4.97. The second-order valence-electron chi connectivity index (χ2n) is 7.14. The Kier molecular flexibility index (Phi) is 5.59. The lowest BCUT2D eigenvalue weighted by atomic mass is 10.0. The van der Waals surface area contributed by atoms with Crippen LogP contribution in [0.2, 0.25) is 0 Å². The highest BCUT2D eigenvalue weighted by Crippen LogP contribution is 2.20. The zero-order valence-corrected chi connectivity index (χ0v) is 17.0. The lowest BCUT2D eigenvalue weighted by Crippen LogP contribution is -2.31. The molecule has 4 aromatic rings. The summed E-state index contributed by atoms with van der Waals surface area (Å²) in [7, 11) is 1.81. The van der Waals surface area contributed by atoms with Crippen molar-refractivity contribution in [1.82, 2.24) is 25.1 Å². The van der Waals surface area contributed by atoms with Crippen molar-refractivity contribution in [1.29, 1.82) is 0 Å². The lowest BCUT2D eigenvalue weighted by Gasteiger charge is -2.17. The maximum atomic E-state index is 13.9. The SMILES string of the molecule is Cc1ccc([C@@H](CO)NC(=O)c2ccc3cnc(Nc4ccnn4C)cc3n2)cc1F. The Morgan fingerprint density at radius 2 is 2.06 bits per heavy atom. The number of rotatable bonds is 6. The first kappa shape index (κ1) is 20.4. The quantitative estimate of drug-likeness (QED) is 0.443. The predicted octanol–water partition coefficient (Wildman–Crippen LogP) is 3.02. The van der Waals surface area contributed by atoms with Crippen LogP contribution in [0, 0.1) is 12.7 Å². The van der Waals surface area contributed by atoms with E-state index in [0.29, 0.717) is 22.5 Å². The predicted molar refractivity (Wildman–Crippen MR) is 114 cm³/mol. The number of hydrogen-bond acceptors (Lipinski definition) is 6. The molecule has 0 unspecified atom stereocenters. The minimum Gasteiger partial charge on any atom is -0.394 e. The monoisotopic (exact) mass is 420 g/mol. The largest absolute Gasteiger partial charge is 0.394 e. The highest BCUT2D eigenvalue weighted by molar-refractivity contribution is 5.95. The van der Waals surface area contributed by atoms with Crippen LogP contribution in [0.5, 0.6) is 0 Å². The molecule has 3 aromatic heterocycles. The molecule has 158 valence electrons. The molecule has 0 saturated heterocycles. The van der Waals surface area contributed by atoms with Crippen molar-refractivity contribution in [2.24, 2.45) is 7.05 Å². The van der Waals surface area contributed by atoms with E-state index in [4.69, 9.17) is 0 Å². The number of nitrogens with one attached hydrogen (secondary N) is 2. The molecule has 0 saturated carbocycles. The van der Waals surface area contributed by atoms with E-state index < -0.39 is 17.8 Å². The second-order valence-corrected chi connectivity index (χ2v) is 7.14. The number of hydrogen-bond donors (Lipinski definition) is 3. The summed E-state index contributed by atoms with van der Waals surface area (Å²) in [5.74, 6) is 0.455. The Labute approximate surface area is 177 Å². The maximum Gasteiger partial charge on any atom is 0.270 e. The van der Waals surface area contributed by atoms with Crippen molar-refractivity contribution in [3.8, 4) is 0 Å². The molecule has 0 aliphatic rings. The van der Waals surface area contributed by atoms with Gasteiger partial charge in [0.2, 0.25) is 0 Å². The molecule has 9 heteroatoms. The van der Waals surface area contributed by atoms with E-state index >= 15 is 0 Å². The number of aliphatic hydroxyl groups excluding tert-OH is 1. The number of anilines is 2.